The van der Waals surface area contributed by atoms with Gasteiger partial charge in [-0.2, -0.15) is 0 Å². The van der Waals surface area contributed by atoms with Crippen molar-refractivity contribution in [2.24, 2.45) is 0 Å². The third kappa shape index (κ3) is 4.86. The van der Waals surface area contributed by atoms with Gasteiger partial charge in [-0.25, -0.2) is 0 Å². The summed E-state index contributed by atoms with van der Waals surface area (Å²) in [6.07, 6.45) is -0.913. The average Bonchev–Trinajstić information content (AvgIpc) is 3.30. The summed E-state index contributed by atoms with van der Waals surface area (Å²) < 4.78 is 28.8. The highest BCUT2D eigenvalue weighted by atomic mass is 16.8. The molecule has 0 aromatic heterocycles. The third-order valence-electron chi connectivity index (χ3n) is 5.95. The fourth-order valence-corrected chi connectivity index (χ4v) is 4.39. The topological polar surface area (TPSA) is 104 Å². The number of rotatable bonds is 8. The molecule has 2 aliphatic rings. The van der Waals surface area contributed by atoms with Gasteiger partial charge in [0, 0.05) is 17.7 Å². The fourth-order valence-electron chi connectivity index (χ4n) is 4.39. The Morgan fingerprint density at radius 2 is 1.68 bits per heavy atom. The predicted octanol–water partition coefficient (Wildman–Crippen LogP) is 2.15. The van der Waals surface area contributed by atoms with E-state index in [1.54, 1.807) is 30.3 Å². The molecule has 0 aliphatic carbocycles. The van der Waals surface area contributed by atoms with E-state index in [0.717, 1.165) is 0 Å². The van der Waals surface area contributed by atoms with Gasteiger partial charge in [-0.3, -0.25) is 9.59 Å². The number of fused-ring (bicyclic) bond motifs is 1. The molecule has 2 N–H and O–H groups in total. The molecule has 2 amide bonds. The van der Waals surface area contributed by atoms with Crippen molar-refractivity contribution >= 4 is 11.8 Å². The molecule has 2 heterocycles. The quantitative estimate of drug-likeness (QED) is 0.609. The Morgan fingerprint density at radius 1 is 0.971 bits per heavy atom. The molecule has 0 spiro atoms. The summed E-state index contributed by atoms with van der Waals surface area (Å²) in [5, 5.41) is 5.83. The highest BCUT2D eigenvalue weighted by Gasteiger charge is 2.61. The van der Waals surface area contributed by atoms with Crippen molar-refractivity contribution in [3.8, 4) is 11.5 Å². The molecule has 2 saturated heterocycles. The van der Waals surface area contributed by atoms with Crippen molar-refractivity contribution in [3.05, 3.63) is 59.7 Å². The molecular formula is C25H30N2O7. The minimum atomic E-state index is -0.854. The van der Waals surface area contributed by atoms with Crippen molar-refractivity contribution in [1.29, 1.82) is 0 Å². The number of nitrogens with one attached hydrogen (secondary N) is 2. The second kappa shape index (κ2) is 9.61. The Morgan fingerprint density at radius 3 is 2.38 bits per heavy atom. The predicted molar refractivity (Wildman–Crippen MR) is 123 cm³/mol. The number of carbonyl (C=O) groups excluding carboxylic acids is 2. The van der Waals surface area contributed by atoms with Gasteiger partial charge >= 0.3 is 0 Å². The number of carbonyl (C=O) groups is 2. The molecule has 2 aromatic rings. The van der Waals surface area contributed by atoms with E-state index in [2.05, 4.69) is 10.6 Å². The van der Waals surface area contributed by atoms with Crippen molar-refractivity contribution in [1.82, 2.24) is 10.6 Å². The summed E-state index contributed by atoms with van der Waals surface area (Å²) in [7, 11) is 3.05. The second-order valence-electron chi connectivity index (χ2n) is 8.78. The fraction of sp³-hybridized carbons (Fsp3) is 0.440. The van der Waals surface area contributed by atoms with E-state index in [1.807, 2.05) is 32.0 Å². The van der Waals surface area contributed by atoms with Crippen LogP contribution in [0, 0.1) is 0 Å². The average molecular weight is 471 g/mol. The first-order valence-corrected chi connectivity index (χ1v) is 11.1. The molecule has 182 valence electrons. The monoisotopic (exact) mass is 470 g/mol. The highest BCUT2D eigenvalue weighted by Crippen LogP contribution is 2.43. The lowest BCUT2D eigenvalue weighted by Gasteiger charge is -2.27. The van der Waals surface area contributed by atoms with E-state index < -0.39 is 23.6 Å². The van der Waals surface area contributed by atoms with E-state index in [1.165, 1.54) is 14.2 Å². The summed E-state index contributed by atoms with van der Waals surface area (Å²) in [5.74, 6) is -0.323. The molecule has 0 bridgehead atoms. The molecule has 0 unspecified atom stereocenters. The molecule has 2 fully saturated rings. The van der Waals surface area contributed by atoms with Gasteiger partial charge < -0.3 is 34.3 Å². The Bertz CT molecular complexity index is 1040. The van der Waals surface area contributed by atoms with Gasteiger partial charge in [-0.1, -0.05) is 18.2 Å². The maximum absolute atomic E-state index is 12.7. The van der Waals surface area contributed by atoms with Crippen LogP contribution >= 0.6 is 0 Å². The first-order valence-electron chi connectivity index (χ1n) is 11.1. The number of ether oxygens (including phenoxy) is 5. The van der Waals surface area contributed by atoms with Crippen LogP contribution in [-0.4, -0.2) is 69.3 Å². The van der Waals surface area contributed by atoms with Crippen LogP contribution < -0.4 is 20.1 Å². The molecule has 9 heteroatoms. The van der Waals surface area contributed by atoms with E-state index in [0.29, 0.717) is 22.6 Å². The van der Waals surface area contributed by atoms with E-state index >= 15 is 0 Å². The lowest BCUT2D eigenvalue weighted by Crippen LogP contribution is -2.52. The van der Waals surface area contributed by atoms with Gasteiger partial charge in [-0.15, -0.1) is 0 Å². The summed E-state index contributed by atoms with van der Waals surface area (Å²) in [5.41, 5.74) is 0.138. The summed E-state index contributed by atoms with van der Waals surface area (Å²) in [4.78, 5) is 25.3. The normalized spacial score (nSPS) is 24.8. The van der Waals surface area contributed by atoms with Crippen LogP contribution in [0.1, 0.15) is 34.6 Å². The molecular weight excluding hydrogens is 440 g/mol. The minimum Gasteiger partial charge on any atom is -0.493 e. The lowest BCUT2D eigenvalue weighted by atomic mass is 9.96. The van der Waals surface area contributed by atoms with Crippen molar-refractivity contribution in [3.63, 3.8) is 0 Å². The van der Waals surface area contributed by atoms with E-state index in [-0.39, 0.29) is 31.5 Å². The molecule has 0 radical (unpaired) electrons. The molecule has 9 nitrogen and oxygen atoms in total. The van der Waals surface area contributed by atoms with Crippen LogP contribution in [0.2, 0.25) is 0 Å². The van der Waals surface area contributed by atoms with Crippen LogP contribution in [-0.2, 0) is 14.2 Å². The second-order valence-corrected chi connectivity index (χ2v) is 8.78. The van der Waals surface area contributed by atoms with Gasteiger partial charge in [0.15, 0.2) is 17.3 Å². The first kappa shape index (κ1) is 24.0. The lowest BCUT2D eigenvalue weighted by molar-refractivity contribution is -0.188. The maximum atomic E-state index is 12.7. The summed E-state index contributed by atoms with van der Waals surface area (Å²) >= 11 is 0. The number of amides is 2. The standard InChI is InChI=1S/C25H30N2O7/c1-24(2)33-21-20(13-26-23(29)17-10-11-18(30-3)19(12-17)31-4)32-15-25(21,34-24)14-27-22(28)16-8-6-5-7-9-16/h5-12,20-21H,13-15H2,1-4H3,(H,26,29)(H,27,28)/t20-,21-,25+/m1/s1. The Hall–Kier alpha value is -3.14. The van der Waals surface area contributed by atoms with Crippen molar-refractivity contribution in [2.75, 3.05) is 33.9 Å². The van der Waals surface area contributed by atoms with E-state index in [9.17, 15) is 9.59 Å². The molecule has 3 atom stereocenters. The zero-order valence-corrected chi connectivity index (χ0v) is 19.8. The van der Waals surface area contributed by atoms with Gasteiger partial charge in [0.25, 0.3) is 11.8 Å². The van der Waals surface area contributed by atoms with Gasteiger partial charge in [0.2, 0.25) is 0 Å². The Kier molecular flexibility index (Phi) is 6.79. The number of hydrogen-bond acceptors (Lipinski definition) is 7. The van der Waals surface area contributed by atoms with Crippen molar-refractivity contribution < 1.29 is 33.3 Å². The van der Waals surface area contributed by atoms with Crippen LogP contribution in [0.5, 0.6) is 11.5 Å². The number of benzene rings is 2. The highest BCUT2D eigenvalue weighted by molar-refractivity contribution is 5.95. The molecule has 2 aliphatic heterocycles. The maximum Gasteiger partial charge on any atom is 0.251 e. The summed E-state index contributed by atoms with van der Waals surface area (Å²) in [6.45, 7) is 4.31. The minimum absolute atomic E-state index is 0.202. The molecule has 2 aromatic carbocycles. The zero-order valence-electron chi connectivity index (χ0n) is 19.8. The van der Waals surface area contributed by atoms with Gasteiger partial charge in [-0.05, 0) is 44.2 Å². The van der Waals surface area contributed by atoms with Gasteiger partial charge in [0.1, 0.15) is 17.8 Å². The summed E-state index contributed by atoms with van der Waals surface area (Å²) in [6, 6.07) is 13.9. The van der Waals surface area contributed by atoms with Crippen LogP contribution in [0.15, 0.2) is 48.5 Å². The largest absolute Gasteiger partial charge is 0.493 e. The molecule has 4 rings (SSSR count). The molecule has 0 saturated carbocycles. The van der Waals surface area contributed by atoms with E-state index in [4.69, 9.17) is 23.7 Å². The third-order valence-corrected chi connectivity index (χ3v) is 5.95. The Labute approximate surface area is 198 Å². The smallest absolute Gasteiger partial charge is 0.251 e. The SMILES string of the molecule is COc1ccc(C(=O)NC[C@H]2OC[C@]3(CNC(=O)c4ccccc4)OC(C)(C)O[C@H]23)cc1OC. The number of hydrogen-bond donors (Lipinski definition) is 2. The first-order chi connectivity index (χ1) is 16.3. The molecule has 34 heavy (non-hydrogen) atoms. The zero-order chi connectivity index (χ0) is 24.3. The van der Waals surface area contributed by atoms with Crippen LogP contribution in [0.4, 0.5) is 0 Å². The number of methoxy groups -OCH3 is 2. The van der Waals surface area contributed by atoms with Gasteiger partial charge in [0.05, 0.1) is 27.4 Å². The Balaban J connectivity index is 1.41. The van der Waals surface area contributed by atoms with Crippen molar-refractivity contribution in [2.45, 2.75) is 37.4 Å². The van der Waals surface area contributed by atoms with Crippen LogP contribution in [0.25, 0.3) is 0 Å². The van der Waals surface area contributed by atoms with Crippen LogP contribution in [0.3, 0.4) is 0 Å².